The normalized spacial score (nSPS) is 10.6. The van der Waals surface area contributed by atoms with Crippen LogP contribution >= 0.6 is 119 Å². The number of carboxylic acids is 1. The van der Waals surface area contributed by atoms with E-state index in [0.29, 0.717) is 86.9 Å². The maximum atomic E-state index is 13.3. The average molecular weight is 2100 g/mol. The number of aliphatic carboxylic acids is 1. The number of aromatic nitrogens is 3. The van der Waals surface area contributed by atoms with Gasteiger partial charge < -0.3 is 59.1 Å². The van der Waals surface area contributed by atoms with Gasteiger partial charge >= 0.3 is 47.7 Å². The van der Waals surface area contributed by atoms with Gasteiger partial charge in [0.05, 0.1) is 87.7 Å². The molecule has 0 atom stereocenters. The SMILES string of the molecule is CC(C)(C)OC(=O)NN.CCOCC.COc1cc(C(C)(C)C(=O)NCC(=S)Cc2ccc(F)cc2)ccc1Cl.COc1cc(C(C)(C)C(=O)NN)ccc1Cl.COc1cc(C(C)(C)C(=O)NNC(=O)OC(C)(C)C)ccc1Cl.COc1cc(C(C)(C)C(=O)O)ccc1Cl.COc1cc(C(C)(C)c2n[nH]c(=S)n2-c2ccc(F)cc2)ccc1Cl.Cl.Cl.N#CSc1ccc(F)cc1.N=N[N-]O.[Na+]. The Morgan fingerprint density at radius 3 is 1.18 bits per heavy atom. The number of hydrogen-bond donors (Lipinski definition) is 11. The van der Waals surface area contributed by atoms with Crippen molar-refractivity contribution in [1.29, 1.82) is 10.8 Å². The van der Waals surface area contributed by atoms with Crippen molar-refractivity contribution in [3.05, 3.63) is 256 Å². The largest absolute Gasteiger partial charge is 1.00 e. The second kappa shape index (κ2) is 63.2. The second-order valence-corrected chi connectivity index (χ2v) is 36.0. The number of nitriles is 1. The Kier molecular flexibility index (Phi) is 60.7. The van der Waals surface area contributed by atoms with E-state index < -0.39 is 62.3 Å². The number of amides is 5. The quantitative estimate of drug-likeness (QED) is 0.00391. The van der Waals surface area contributed by atoms with Crippen LogP contribution in [0.4, 0.5) is 22.8 Å². The summed E-state index contributed by atoms with van der Waals surface area (Å²) in [6, 6.07) is 44.3. The number of carbonyl (C=O) groups excluding carboxylic acids is 5. The molecule has 13 N–H and O–H groups in total. The number of halogens is 10. The zero-order valence-corrected chi connectivity index (χ0v) is 89.8. The molecule has 0 aliphatic heterocycles. The van der Waals surface area contributed by atoms with Gasteiger partial charge in [-0.15, -0.1) is 24.8 Å². The van der Waals surface area contributed by atoms with Crippen molar-refractivity contribution in [3.63, 3.8) is 0 Å². The van der Waals surface area contributed by atoms with Gasteiger partial charge in [-0.2, -0.15) is 10.4 Å². The minimum Gasteiger partial charge on any atom is -0.495 e. The van der Waals surface area contributed by atoms with E-state index >= 15 is 0 Å². The first-order valence-electron chi connectivity index (χ1n) is 40.0. The van der Waals surface area contributed by atoms with Crippen LogP contribution in [0.15, 0.2) is 174 Å². The molecule has 742 valence electrons. The van der Waals surface area contributed by atoms with Crippen molar-refractivity contribution in [1.82, 2.24) is 41.8 Å². The Hall–Kier alpha value is -9.47. The molecule has 0 spiro atoms. The van der Waals surface area contributed by atoms with E-state index in [-0.39, 0.29) is 90.2 Å². The molecule has 136 heavy (non-hydrogen) atoms. The van der Waals surface area contributed by atoms with Crippen LogP contribution in [0, 0.1) is 38.4 Å². The number of aromatic amines is 1. The fourth-order valence-corrected chi connectivity index (χ4v) is 12.4. The summed E-state index contributed by atoms with van der Waals surface area (Å²) in [6.45, 7) is 34.4. The van der Waals surface area contributed by atoms with Gasteiger partial charge in [-0.3, -0.25) is 55.9 Å². The number of H-pyrrole nitrogens is 1. The summed E-state index contributed by atoms with van der Waals surface area (Å²) >= 11 is 41.7. The third-order valence-electron chi connectivity index (χ3n) is 18.4. The molecule has 30 nitrogen and oxygen atoms in total. The van der Waals surface area contributed by atoms with Crippen LogP contribution in [0.25, 0.3) is 11.3 Å². The summed E-state index contributed by atoms with van der Waals surface area (Å²) in [5.74, 6) is 10.7. The monoisotopic (exact) mass is 2100 g/mol. The minimum atomic E-state index is -0.947. The summed E-state index contributed by atoms with van der Waals surface area (Å²) < 4.78 is 81.1. The molecule has 0 saturated heterocycles. The number of hydrogen-bond acceptors (Lipinski definition) is 24. The number of nitrogens with two attached hydrogens (primary N) is 2. The summed E-state index contributed by atoms with van der Waals surface area (Å²) in [6.07, 6.45) is -0.830. The van der Waals surface area contributed by atoms with E-state index in [2.05, 4.69) is 37.0 Å². The Morgan fingerprint density at radius 2 is 0.860 bits per heavy atom. The fraction of sp³-hybridized carbons (Fsp3) is 0.370. The summed E-state index contributed by atoms with van der Waals surface area (Å²) in [5, 5.41) is 41.1. The van der Waals surface area contributed by atoms with Gasteiger partial charge in [0.1, 0.15) is 68.6 Å². The molecule has 5 amide bonds. The van der Waals surface area contributed by atoms with Crippen molar-refractivity contribution < 1.29 is 120 Å². The number of thiocyanates is 1. The van der Waals surface area contributed by atoms with E-state index in [0.717, 1.165) is 57.8 Å². The zero-order valence-electron chi connectivity index (χ0n) is 80.0. The van der Waals surface area contributed by atoms with Crippen molar-refractivity contribution in [2.24, 2.45) is 16.9 Å². The minimum absolute atomic E-state index is 0. The topological polar surface area (TPSA) is 437 Å². The first-order valence-corrected chi connectivity index (χ1v) is 43.5. The number of hydrazine groups is 3. The molecule has 8 aromatic carbocycles. The van der Waals surface area contributed by atoms with Crippen LogP contribution in [-0.4, -0.2) is 132 Å². The van der Waals surface area contributed by atoms with Gasteiger partial charge in [0.25, 0.3) is 0 Å². The number of methoxy groups -OCH3 is 5. The Morgan fingerprint density at radius 1 is 0.529 bits per heavy atom. The van der Waals surface area contributed by atoms with Crippen molar-refractivity contribution >= 4 is 160 Å². The molecule has 44 heteroatoms. The number of ether oxygens (including phenoxy) is 8. The number of carbonyl (C=O) groups is 6. The van der Waals surface area contributed by atoms with Crippen molar-refractivity contribution in [2.45, 2.75) is 174 Å². The van der Waals surface area contributed by atoms with Crippen LogP contribution < -0.4 is 91.9 Å². The zero-order chi connectivity index (χ0) is 102. The second-order valence-electron chi connectivity index (χ2n) is 32.2. The smallest absolute Gasteiger partial charge is 0.495 e. The molecule has 0 bridgehead atoms. The standard InChI is InChI=1S/C20H21ClFNO2S.C18H17ClFN3OS.C16H23ClN2O4.C11H15ClN2O2.C11H13ClO3.C7H4FNS.C5H12N2O2.C4H10O.2ClH.H2N3O.Na/c1-20(2,14-6-9-17(21)18(11-14)25-3)19(24)23-12-16(26)10-13-4-7-15(22)8-5-13;1-18(2,11-4-9-14(19)15(10-11)24-3)16-21-22-17(25)23(16)13-7-5-12(20)6-8-13;1-15(2,3)23-14(21)19-18-13(20)16(4,5)10-7-8-11(17)12(9-10)22-6;1-11(2,10(15)14-13)7-4-5-8(12)9(6-7)16-3;1-11(2,10(13)14)7-4-5-8(12)9(6-7)15-3;8-6-1-3-7(4-2-6)10-5-9;1-5(2,3)9-4(8)7-6;1-3-5-4-2;;;1-2-3-4;/h4-9,11H,10,12H2,1-3H3,(H,23,24);4-10H,1-3H3,(H,22,25);7-9H,1-6H3,(H,18,20)(H,19,21);4-6H,13H2,1-3H3,(H,14,15);4-6H,1-3H3,(H,13,14);1-4H;6H2,1-3H3,(H,7,8);3-4H2,1-2H3;2*1H;(H2-,1,2,3,4);/q;;;;;;;;;;-1;+1. The number of nitrogens with zero attached hydrogens (tertiary/aromatic N) is 5. The van der Waals surface area contributed by atoms with E-state index in [9.17, 15) is 41.9 Å². The molecular weight excluding hydrogens is 1980 g/mol. The van der Waals surface area contributed by atoms with E-state index in [1.165, 1.54) is 64.8 Å². The first-order chi connectivity index (χ1) is 62.0. The molecule has 0 fully saturated rings. The van der Waals surface area contributed by atoms with Gasteiger partial charge in [0.15, 0.2) is 4.77 Å². The molecular formula is C92H119Cl7F3N14NaO16S3. The molecule has 0 unspecified atom stereocenters. The van der Waals surface area contributed by atoms with Gasteiger partial charge in [-0.1, -0.05) is 113 Å². The number of thioether (sulfide) groups is 1. The third kappa shape index (κ3) is 44.6. The molecule has 0 saturated carbocycles. The number of rotatable bonds is 24. The van der Waals surface area contributed by atoms with Crippen LogP contribution in [0.1, 0.15) is 164 Å². The third-order valence-corrected chi connectivity index (χ3v) is 21.2. The Balaban J connectivity index is -0.00000152. The molecule has 9 aromatic rings. The predicted octanol–water partition coefficient (Wildman–Crippen LogP) is 19.4. The van der Waals surface area contributed by atoms with Crippen molar-refractivity contribution in [2.75, 3.05) is 55.3 Å². The number of thiocarbonyl (C=S) groups is 1. The number of benzene rings is 8. The van der Waals surface area contributed by atoms with Gasteiger partial charge in [-0.05, 0) is 303 Å². The van der Waals surface area contributed by atoms with E-state index in [1.54, 1.807) is 210 Å². The number of carboxylic acid groups (broad SMARTS) is 1. The molecule has 0 radical (unpaired) electrons. The summed E-state index contributed by atoms with van der Waals surface area (Å²) in [5.41, 5.74) is 16.9. The molecule has 1 heterocycles. The molecule has 1 aromatic heterocycles. The predicted molar refractivity (Wildman–Crippen MR) is 535 cm³/mol. The van der Waals surface area contributed by atoms with Crippen LogP contribution in [0.2, 0.25) is 25.1 Å². The van der Waals surface area contributed by atoms with Gasteiger partial charge in [-0.25, -0.2) is 39.9 Å². The van der Waals surface area contributed by atoms with Crippen molar-refractivity contribution in [3.8, 4) is 39.8 Å². The van der Waals surface area contributed by atoms with E-state index in [4.69, 9.17) is 153 Å². The van der Waals surface area contributed by atoms with Crippen LogP contribution in [-0.2, 0) is 66.9 Å². The Labute approximate surface area is 867 Å². The molecule has 0 aliphatic carbocycles. The number of nitrogens with one attached hydrogen (secondary N) is 7. The first kappa shape index (κ1) is 131. The van der Waals surface area contributed by atoms with E-state index in [1.807, 2.05) is 70.1 Å². The van der Waals surface area contributed by atoms with Gasteiger partial charge in [0, 0.05) is 41.6 Å². The average Bonchev–Trinajstić information content (AvgIpc) is 1.57. The molecule has 0 aliphatic rings. The van der Waals surface area contributed by atoms with Gasteiger partial charge in [0.2, 0.25) is 17.7 Å². The maximum absolute atomic E-state index is 13.3. The summed E-state index contributed by atoms with van der Waals surface area (Å²) in [4.78, 5) is 71.1. The maximum Gasteiger partial charge on any atom is 1.00 e. The van der Waals surface area contributed by atoms with Crippen LogP contribution in [0.3, 0.4) is 0 Å². The summed E-state index contributed by atoms with van der Waals surface area (Å²) in [7, 11) is 7.64. The van der Waals surface area contributed by atoms with Crippen LogP contribution in [0.5, 0.6) is 28.7 Å². The fourth-order valence-electron chi connectivity index (χ4n) is 10.5. The molecule has 9 rings (SSSR count). The Bertz CT molecular complexity index is 5390.